The molecule has 0 spiro atoms. The maximum absolute atomic E-state index is 11.0. The van der Waals surface area contributed by atoms with Gasteiger partial charge in [-0.3, -0.25) is 4.79 Å². The highest BCUT2D eigenvalue weighted by atomic mass is 16.5. The third-order valence-electron chi connectivity index (χ3n) is 1.40. The largest absolute Gasteiger partial charge is 0.382 e. The monoisotopic (exact) mass is 135 g/mol. The summed E-state index contributed by atoms with van der Waals surface area (Å²) in [4.78, 5) is 11.0. The first-order valence-corrected chi connectivity index (χ1v) is 2.93. The van der Waals surface area contributed by atoms with Gasteiger partial charge < -0.3 is 4.52 Å². The van der Waals surface area contributed by atoms with E-state index in [0.717, 1.165) is 0 Å². The van der Waals surface area contributed by atoms with Gasteiger partial charge in [-0.1, -0.05) is 6.07 Å². The van der Waals surface area contributed by atoms with Crippen LogP contribution in [0.1, 0.15) is 0 Å². The van der Waals surface area contributed by atoms with Crippen molar-refractivity contribution in [1.82, 2.24) is 5.16 Å². The van der Waals surface area contributed by atoms with Crippen LogP contribution in [0, 0.1) is 0 Å². The maximum Gasteiger partial charge on any atom is 0.191 e. The predicted molar refractivity (Wildman–Crippen MR) is 36.0 cm³/mol. The quantitative estimate of drug-likeness (QED) is 0.587. The summed E-state index contributed by atoms with van der Waals surface area (Å²) in [5.74, 6) is 0.604. The lowest BCUT2D eigenvalue weighted by Crippen LogP contribution is -1.99. The van der Waals surface area contributed by atoms with Gasteiger partial charge in [-0.05, 0) is 12.1 Å². The third kappa shape index (κ3) is 0.572. The molecule has 1 N–H and O–H groups in total. The van der Waals surface area contributed by atoms with E-state index in [4.69, 9.17) is 4.52 Å². The summed E-state index contributed by atoms with van der Waals surface area (Å²) in [6.07, 6.45) is 1.55. The molecule has 0 amide bonds. The molecular formula is C7H5NO2. The number of aromatic amines is 1. The van der Waals surface area contributed by atoms with Crippen LogP contribution in [0.3, 0.4) is 0 Å². The van der Waals surface area contributed by atoms with Crippen LogP contribution in [-0.4, -0.2) is 5.16 Å². The van der Waals surface area contributed by atoms with Gasteiger partial charge in [-0.25, -0.2) is 5.16 Å². The van der Waals surface area contributed by atoms with Gasteiger partial charge >= 0.3 is 0 Å². The summed E-state index contributed by atoms with van der Waals surface area (Å²) in [5, 5.41) is 2.50. The normalized spacial score (nSPS) is 10.4. The average molecular weight is 135 g/mol. The highest BCUT2D eigenvalue weighted by Gasteiger charge is 2.06. The van der Waals surface area contributed by atoms with E-state index in [1.54, 1.807) is 18.3 Å². The van der Waals surface area contributed by atoms with Crippen molar-refractivity contribution in [3.05, 3.63) is 34.6 Å². The van der Waals surface area contributed by atoms with E-state index in [1.807, 2.05) is 0 Å². The fourth-order valence-electron chi connectivity index (χ4n) is 0.907. The van der Waals surface area contributed by atoms with E-state index >= 15 is 0 Å². The first-order chi connectivity index (χ1) is 4.88. The van der Waals surface area contributed by atoms with E-state index in [9.17, 15) is 4.79 Å². The molecule has 0 saturated carbocycles. The van der Waals surface area contributed by atoms with E-state index in [2.05, 4.69) is 5.16 Å². The highest BCUT2D eigenvalue weighted by Crippen LogP contribution is 2.14. The average Bonchev–Trinajstić information content (AvgIpc) is 2.36. The van der Waals surface area contributed by atoms with Crippen LogP contribution in [0.15, 0.2) is 33.7 Å². The molecule has 0 radical (unpaired) electrons. The fourth-order valence-corrected chi connectivity index (χ4v) is 0.907. The molecule has 1 aliphatic heterocycles. The number of rotatable bonds is 0. The van der Waals surface area contributed by atoms with Gasteiger partial charge in [0.25, 0.3) is 0 Å². The lowest BCUT2D eigenvalue weighted by Gasteiger charge is -1.86. The van der Waals surface area contributed by atoms with Crippen molar-refractivity contribution >= 4 is 0 Å². The topological polar surface area (TPSA) is 46.0 Å². The van der Waals surface area contributed by atoms with Crippen molar-refractivity contribution in [2.24, 2.45) is 0 Å². The van der Waals surface area contributed by atoms with Gasteiger partial charge in [-0.2, -0.15) is 0 Å². The van der Waals surface area contributed by atoms with Crippen LogP contribution in [0.4, 0.5) is 0 Å². The Morgan fingerprint density at radius 1 is 1.40 bits per heavy atom. The van der Waals surface area contributed by atoms with Crippen molar-refractivity contribution < 1.29 is 4.52 Å². The van der Waals surface area contributed by atoms with Crippen LogP contribution in [0.2, 0.25) is 0 Å². The Labute approximate surface area is 56.6 Å². The SMILES string of the molecule is O=c1cccc2o[nH]cc1-2. The molecule has 3 nitrogen and oxygen atoms in total. The Morgan fingerprint density at radius 2 is 2.30 bits per heavy atom. The molecule has 2 rings (SSSR count). The summed E-state index contributed by atoms with van der Waals surface area (Å²) < 4.78 is 4.87. The van der Waals surface area contributed by atoms with Crippen LogP contribution in [0.5, 0.6) is 0 Å². The van der Waals surface area contributed by atoms with E-state index in [1.165, 1.54) is 6.07 Å². The van der Waals surface area contributed by atoms with Crippen LogP contribution < -0.4 is 5.43 Å². The number of aromatic nitrogens is 1. The van der Waals surface area contributed by atoms with Gasteiger partial charge in [0.05, 0.1) is 11.8 Å². The lowest BCUT2D eigenvalue weighted by molar-refractivity contribution is 0.434. The Bertz CT molecular complexity index is 360. The second-order valence-electron chi connectivity index (χ2n) is 2.03. The molecule has 1 aliphatic carbocycles. The second-order valence-corrected chi connectivity index (χ2v) is 2.03. The molecule has 50 valence electrons. The fraction of sp³-hybridized carbons (Fsp3) is 0. The molecule has 0 aromatic heterocycles. The number of nitrogens with one attached hydrogen (secondary N) is 1. The molecule has 0 bridgehead atoms. The first kappa shape index (κ1) is 5.29. The highest BCUT2D eigenvalue weighted by molar-refractivity contribution is 5.56. The molecule has 10 heavy (non-hydrogen) atoms. The molecule has 2 aliphatic rings. The summed E-state index contributed by atoms with van der Waals surface area (Å²) >= 11 is 0. The number of benzene rings is 1. The van der Waals surface area contributed by atoms with Crippen LogP contribution >= 0.6 is 0 Å². The molecule has 0 aromatic rings. The minimum absolute atomic E-state index is 0.0116. The molecule has 0 atom stereocenters. The Morgan fingerprint density at radius 3 is 3.10 bits per heavy atom. The maximum atomic E-state index is 11.0. The van der Waals surface area contributed by atoms with E-state index < -0.39 is 0 Å². The van der Waals surface area contributed by atoms with E-state index in [0.29, 0.717) is 11.3 Å². The number of hydrogen-bond donors (Lipinski definition) is 1. The molecule has 3 heteroatoms. The summed E-state index contributed by atoms with van der Waals surface area (Å²) in [7, 11) is 0. The van der Waals surface area contributed by atoms with Crippen molar-refractivity contribution in [2.75, 3.05) is 0 Å². The van der Waals surface area contributed by atoms with Crippen LogP contribution in [0.25, 0.3) is 11.3 Å². The molecule has 0 aromatic carbocycles. The predicted octanol–water partition coefficient (Wildman–Crippen LogP) is 1.07. The van der Waals surface area contributed by atoms with Crippen molar-refractivity contribution in [3.63, 3.8) is 0 Å². The van der Waals surface area contributed by atoms with Crippen LogP contribution in [-0.2, 0) is 0 Å². The molecular weight excluding hydrogens is 130 g/mol. The van der Waals surface area contributed by atoms with Gasteiger partial charge in [0.2, 0.25) is 0 Å². The molecule has 0 saturated heterocycles. The third-order valence-corrected chi connectivity index (χ3v) is 1.40. The smallest absolute Gasteiger partial charge is 0.191 e. The summed E-state index contributed by atoms with van der Waals surface area (Å²) in [6, 6.07) is 4.92. The zero-order chi connectivity index (χ0) is 6.97. The van der Waals surface area contributed by atoms with Crippen molar-refractivity contribution in [3.8, 4) is 11.3 Å². The lowest BCUT2D eigenvalue weighted by atomic mass is 10.2. The number of fused-ring (bicyclic) bond motifs is 1. The summed E-state index contributed by atoms with van der Waals surface area (Å²) in [6.45, 7) is 0. The van der Waals surface area contributed by atoms with Gasteiger partial charge in [0.1, 0.15) is 0 Å². The Balaban J connectivity index is 2.93. The zero-order valence-corrected chi connectivity index (χ0v) is 5.13. The second kappa shape index (κ2) is 1.73. The van der Waals surface area contributed by atoms with Crippen molar-refractivity contribution in [2.45, 2.75) is 0 Å². The van der Waals surface area contributed by atoms with Gasteiger partial charge in [-0.15, -0.1) is 0 Å². The minimum Gasteiger partial charge on any atom is -0.382 e. The number of H-pyrrole nitrogens is 1. The molecule has 1 heterocycles. The molecule has 0 unspecified atom stereocenters. The van der Waals surface area contributed by atoms with Gasteiger partial charge in [0.15, 0.2) is 11.2 Å². The Hall–Kier alpha value is -1.51. The summed E-state index contributed by atoms with van der Waals surface area (Å²) in [5.41, 5.74) is 0.588. The van der Waals surface area contributed by atoms with E-state index in [-0.39, 0.29) is 5.43 Å². The standard InChI is InChI=1S/C7H5NO2/c9-6-2-1-3-7-5(6)4-8-10-7/h1-4,8H. The number of hydrogen-bond acceptors (Lipinski definition) is 2. The first-order valence-electron chi connectivity index (χ1n) is 2.93. The molecule has 0 fully saturated rings. The zero-order valence-electron chi connectivity index (χ0n) is 5.13. The van der Waals surface area contributed by atoms with Gasteiger partial charge in [0, 0.05) is 0 Å². The van der Waals surface area contributed by atoms with Crippen molar-refractivity contribution in [1.29, 1.82) is 0 Å². The minimum atomic E-state index is -0.0116. The Kier molecular flexibility index (Phi) is 0.917.